The largest absolute Gasteiger partial charge is 0.486 e. The number of rotatable bonds is 7. The van der Waals surface area contributed by atoms with Gasteiger partial charge in [0.2, 0.25) is 10.0 Å². The first-order chi connectivity index (χ1) is 17.5. The van der Waals surface area contributed by atoms with Crippen molar-refractivity contribution in [1.29, 1.82) is 0 Å². The highest BCUT2D eigenvalue weighted by Gasteiger charge is 2.35. The van der Waals surface area contributed by atoms with E-state index in [4.69, 9.17) is 4.74 Å². The van der Waals surface area contributed by atoms with Crippen molar-refractivity contribution in [3.05, 3.63) is 53.0 Å². The summed E-state index contributed by atoms with van der Waals surface area (Å²) in [7, 11) is -2.03. The molecular weight excluding hydrogens is 516 g/mol. The van der Waals surface area contributed by atoms with Crippen LogP contribution in [0.5, 0.6) is 5.75 Å². The minimum atomic E-state index is -3.49. The predicted octanol–water partition coefficient (Wildman–Crippen LogP) is 2.66. The number of sulfonamides is 1. The molecule has 0 unspecified atom stereocenters. The Morgan fingerprint density at radius 2 is 2.03 bits per heavy atom. The molecule has 1 aliphatic heterocycles. The van der Waals surface area contributed by atoms with Crippen molar-refractivity contribution in [1.82, 2.24) is 14.2 Å². The SMILES string of the molecule is C[C@@H]1CN([C@@H](C)CO)C(=O)c2cccc(NC(=O)c3nc4ccccc4s3)c2O[C@H]1CN(C)S(C)(=O)=O. The zero-order valence-corrected chi connectivity index (χ0v) is 22.7. The van der Waals surface area contributed by atoms with Gasteiger partial charge in [0.05, 0.1) is 46.9 Å². The predicted molar refractivity (Wildman–Crippen MR) is 143 cm³/mol. The van der Waals surface area contributed by atoms with Crippen molar-refractivity contribution in [3.63, 3.8) is 0 Å². The van der Waals surface area contributed by atoms with Crippen LogP contribution >= 0.6 is 11.3 Å². The quantitative estimate of drug-likeness (QED) is 0.466. The van der Waals surface area contributed by atoms with Crippen LogP contribution in [0.15, 0.2) is 42.5 Å². The molecule has 0 fully saturated rings. The first-order valence-electron chi connectivity index (χ1n) is 11.8. The molecule has 2 heterocycles. The number of ether oxygens (including phenoxy) is 1. The number of nitrogens with one attached hydrogen (secondary N) is 1. The third-order valence-corrected chi connectivity index (χ3v) is 8.75. The molecular formula is C25H30N4O6S2. The molecule has 0 spiro atoms. The van der Waals surface area contributed by atoms with Crippen molar-refractivity contribution in [2.75, 3.05) is 38.3 Å². The molecule has 4 rings (SSSR count). The topological polar surface area (TPSA) is 129 Å². The molecule has 37 heavy (non-hydrogen) atoms. The molecule has 2 aromatic carbocycles. The van der Waals surface area contributed by atoms with Gasteiger partial charge in [0, 0.05) is 19.5 Å². The number of likely N-dealkylation sites (N-methyl/N-ethyl adjacent to an activating group) is 1. The van der Waals surface area contributed by atoms with Crippen LogP contribution in [0.2, 0.25) is 0 Å². The Hall–Kier alpha value is -3.06. The number of hydrogen-bond acceptors (Lipinski definition) is 8. The van der Waals surface area contributed by atoms with E-state index >= 15 is 0 Å². The van der Waals surface area contributed by atoms with E-state index in [0.29, 0.717) is 5.52 Å². The lowest BCUT2D eigenvalue weighted by Crippen LogP contribution is -2.50. The molecule has 198 valence electrons. The summed E-state index contributed by atoms with van der Waals surface area (Å²) in [6, 6.07) is 11.8. The van der Waals surface area contributed by atoms with Crippen LogP contribution in [0.4, 0.5) is 5.69 Å². The Balaban J connectivity index is 1.74. The van der Waals surface area contributed by atoms with Crippen molar-refractivity contribution < 1.29 is 27.9 Å². The Labute approximate surface area is 219 Å². The zero-order valence-electron chi connectivity index (χ0n) is 21.0. The second kappa shape index (κ2) is 10.7. The summed E-state index contributed by atoms with van der Waals surface area (Å²) in [5, 5.41) is 12.9. The summed E-state index contributed by atoms with van der Waals surface area (Å²) in [4.78, 5) is 32.7. The first-order valence-corrected chi connectivity index (χ1v) is 14.5. The standard InChI is InChI=1S/C25H30N4O6S2/c1-15-12-29(16(2)14-30)25(32)17-8-7-10-19(22(17)35-20(15)13-28(3)37(4,33)34)26-23(31)24-27-18-9-5-6-11-21(18)36-24/h5-11,15-16,20,30H,12-14H2,1-4H3,(H,26,31)/t15-,16+,20+/m1/s1. The maximum Gasteiger partial charge on any atom is 0.284 e. The van der Waals surface area contributed by atoms with Gasteiger partial charge in [0.25, 0.3) is 11.8 Å². The van der Waals surface area contributed by atoms with E-state index in [9.17, 15) is 23.1 Å². The minimum absolute atomic E-state index is 0.0368. The van der Waals surface area contributed by atoms with E-state index in [-0.39, 0.29) is 53.5 Å². The van der Waals surface area contributed by atoms with Gasteiger partial charge in [0.15, 0.2) is 10.8 Å². The van der Waals surface area contributed by atoms with E-state index < -0.39 is 28.1 Å². The fraction of sp³-hybridized carbons (Fsp3) is 0.400. The van der Waals surface area contributed by atoms with Crippen LogP contribution in [0.25, 0.3) is 10.2 Å². The number of hydrogen-bond donors (Lipinski definition) is 2. The number of carbonyl (C=O) groups excluding carboxylic acids is 2. The molecule has 10 nitrogen and oxygen atoms in total. The lowest BCUT2D eigenvalue weighted by atomic mass is 9.99. The average Bonchev–Trinajstić information content (AvgIpc) is 3.30. The molecule has 12 heteroatoms. The lowest BCUT2D eigenvalue weighted by Gasteiger charge is -2.38. The van der Waals surface area contributed by atoms with Gasteiger partial charge >= 0.3 is 0 Å². The summed E-state index contributed by atoms with van der Waals surface area (Å²) in [6.07, 6.45) is 0.474. The summed E-state index contributed by atoms with van der Waals surface area (Å²) in [5.41, 5.74) is 1.19. The van der Waals surface area contributed by atoms with E-state index in [1.807, 2.05) is 31.2 Å². The number of aromatic nitrogens is 1. The highest BCUT2D eigenvalue weighted by Crippen LogP contribution is 2.35. The molecule has 0 radical (unpaired) electrons. The molecule has 3 aromatic rings. The number of aliphatic hydroxyl groups is 1. The average molecular weight is 547 g/mol. The first kappa shape index (κ1) is 27.0. The van der Waals surface area contributed by atoms with Gasteiger partial charge in [-0.05, 0) is 31.2 Å². The number of anilines is 1. The molecule has 0 aliphatic carbocycles. The number of benzene rings is 2. The van der Waals surface area contributed by atoms with Gasteiger partial charge in [0.1, 0.15) is 6.10 Å². The Morgan fingerprint density at radius 1 is 1.30 bits per heavy atom. The highest BCUT2D eigenvalue weighted by molar-refractivity contribution is 7.88. The molecule has 1 aromatic heterocycles. The van der Waals surface area contributed by atoms with Crippen LogP contribution in [0, 0.1) is 5.92 Å². The highest BCUT2D eigenvalue weighted by atomic mass is 32.2. The third kappa shape index (κ3) is 5.77. The molecule has 2 amide bonds. The maximum absolute atomic E-state index is 13.6. The number of carbonyl (C=O) groups is 2. The molecule has 0 saturated carbocycles. The number of thiazole rings is 1. The number of fused-ring (bicyclic) bond motifs is 2. The van der Waals surface area contributed by atoms with Crippen LogP contribution in [0.1, 0.15) is 34.0 Å². The summed E-state index contributed by atoms with van der Waals surface area (Å²) >= 11 is 1.25. The van der Waals surface area contributed by atoms with Gasteiger partial charge in [-0.2, -0.15) is 0 Å². The monoisotopic (exact) mass is 546 g/mol. The maximum atomic E-state index is 13.6. The fourth-order valence-corrected chi connectivity index (χ4v) is 5.37. The van der Waals surface area contributed by atoms with Gasteiger partial charge in [-0.25, -0.2) is 17.7 Å². The van der Waals surface area contributed by atoms with Crippen molar-refractivity contribution in [2.45, 2.75) is 26.0 Å². The summed E-state index contributed by atoms with van der Waals surface area (Å²) in [6.45, 7) is 3.65. The second-order valence-electron chi connectivity index (χ2n) is 9.29. The molecule has 2 N–H and O–H groups in total. The smallest absolute Gasteiger partial charge is 0.284 e. The van der Waals surface area contributed by atoms with Gasteiger partial charge in [-0.1, -0.05) is 25.1 Å². The Bertz CT molecular complexity index is 1390. The number of para-hydroxylation sites is 2. The summed E-state index contributed by atoms with van der Waals surface area (Å²) < 4.78 is 32.7. The third-order valence-electron chi connectivity index (χ3n) is 6.43. The van der Waals surface area contributed by atoms with Crippen LogP contribution in [-0.4, -0.2) is 84.7 Å². The van der Waals surface area contributed by atoms with E-state index in [0.717, 1.165) is 11.0 Å². The van der Waals surface area contributed by atoms with Gasteiger partial charge in [-0.15, -0.1) is 11.3 Å². The van der Waals surface area contributed by atoms with E-state index in [1.165, 1.54) is 22.7 Å². The van der Waals surface area contributed by atoms with Crippen molar-refractivity contribution in [3.8, 4) is 5.75 Å². The number of amides is 2. The Morgan fingerprint density at radius 3 is 2.70 bits per heavy atom. The normalized spacial score (nSPS) is 19.2. The van der Waals surface area contributed by atoms with Gasteiger partial charge in [-0.3, -0.25) is 9.59 Å². The molecule has 1 aliphatic rings. The van der Waals surface area contributed by atoms with Gasteiger partial charge < -0.3 is 20.1 Å². The van der Waals surface area contributed by atoms with E-state index in [1.54, 1.807) is 30.0 Å². The minimum Gasteiger partial charge on any atom is -0.486 e. The molecule has 0 saturated heterocycles. The fourth-order valence-electron chi connectivity index (χ4n) is 4.09. The van der Waals surface area contributed by atoms with Crippen LogP contribution in [0.3, 0.4) is 0 Å². The molecule has 3 atom stereocenters. The Kier molecular flexibility index (Phi) is 7.83. The van der Waals surface area contributed by atoms with Crippen molar-refractivity contribution in [2.24, 2.45) is 5.92 Å². The second-order valence-corrected chi connectivity index (χ2v) is 12.4. The van der Waals surface area contributed by atoms with Crippen LogP contribution in [-0.2, 0) is 10.0 Å². The zero-order chi connectivity index (χ0) is 26.9. The molecule has 0 bridgehead atoms. The van der Waals surface area contributed by atoms with E-state index in [2.05, 4.69) is 10.3 Å². The number of nitrogens with zero attached hydrogens (tertiary/aromatic N) is 3. The number of aliphatic hydroxyl groups excluding tert-OH is 1. The van der Waals surface area contributed by atoms with Crippen LogP contribution < -0.4 is 10.1 Å². The summed E-state index contributed by atoms with van der Waals surface area (Å²) in [5.74, 6) is -0.945. The lowest BCUT2D eigenvalue weighted by molar-refractivity contribution is 0.0389. The van der Waals surface area contributed by atoms with Crippen molar-refractivity contribution >= 4 is 49.1 Å².